The van der Waals surface area contributed by atoms with Crippen LogP contribution in [0.1, 0.15) is 24.2 Å². The Morgan fingerprint density at radius 2 is 2.13 bits per heavy atom. The maximum Gasteiger partial charge on any atom is 0.173 e. The molecule has 0 amide bonds. The van der Waals surface area contributed by atoms with Crippen LogP contribution >= 0.6 is 15.9 Å². The Balaban J connectivity index is 2.00. The summed E-state index contributed by atoms with van der Waals surface area (Å²) in [4.78, 5) is 2.46. The Labute approximate surface area is 98.7 Å². The Bertz CT molecular complexity index is 318. The molecule has 1 aliphatic heterocycles. The van der Waals surface area contributed by atoms with Gasteiger partial charge in [0.05, 0.1) is 0 Å². The second-order valence-electron chi connectivity index (χ2n) is 4.03. The third-order valence-corrected chi connectivity index (χ3v) is 3.46. The van der Waals surface area contributed by atoms with Gasteiger partial charge in [-0.1, -0.05) is 0 Å². The van der Waals surface area contributed by atoms with E-state index in [1.807, 2.05) is 0 Å². The highest BCUT2D eigenvalue weighted by Crippen LogP contribution is 2.24. The second-order valence-corrected chi connectivity index (χ2v) is 4.75. The predicted molar refractivity (Wildman–Crippen MR) is 63.7 cm³/mol. The summed E-state index contributed by atoms with van der Waals surface area (Å²) >= 11 is 3.46. The summed E-state index contributed by atoms with van der Waals surface area (Å²) in [6, 6.07) is 2.12. The number of nitrogens with zero attached hydrogens (tertiary/aromatic N) is 1. The number of rotatable bonds is 4. The van der Waals surface area contributed by atoms with Crippen molar-refractivity contribution >= 4 is 15.9 Å². The third-order valence-electron chi connectivity index (χ3n) is 2.79. The normalized spacial score (nSPS) is 17.5. The van der Waals surface area contributed by atoms with Gasteiger partial charge in [0.15, 0.2) is 4.67 Å². The van der Waals surface area contributed by atoms with Crippen molar-refractivity contribution in [1.29, 1.82) is 0 Å². The molecule has 1 aliphatic rings. The molecule has 2 N–H and O–H groups in total. The largest absolute Gasteiger partial charge is 0.454 e. The van der Waals surface area contributed by atoms with Crippen LogP contribution in [0.4, 0.5) is 0 Å². The van der Waals surface area contributed by atoms with Crippen LogP contribution in [-0.2, 0) is 13.0 Å². The Hall–Kier alpha value is -0.320. The molecule has 1 aromatic rings. The van der Waals surface area contributed by atoms with Gasteiger partial charge < -0.3 is 10.2 Å². The second kappa shape index (κ2) is 5.14. The Morgan fingerprint density at radius 1 is 1.40 bits per heavy atom. The molecular formula is C11H17BrN2O. The standard InChI is InChI=1S/C11H17BrN2O/c12-11-9(7-10(15-11)3-4-13)8-14-5-1-2-6-14/h7H,1-6,8,13H2. The molecule has 0 saturated carbocycles. The van der Waals surface area contributed by atoms with E-state index in [9.17, 15) is 0 Å². The average molecular weight is 273 g/mol. The topological polar surface area (TPSA) is 42.4 Å². The molecule has 84 valence electrons. The maximum absolute atomic E-state index is 5.58. The summed E-state index contributed by atoms with van der Waals surface area (Å²) in [7, 11) is 0. The minimum atomic E-state index is 0.642. The molecule has 0 radical (unpaired) electrons. The van der Waals surface area contributed by atoms with Crippen LogP contribution in [0.2, 0.25) is 0 Å². The zero-order chi connectivity index (χ0) is 10.7. The first-order valence-electron chi connectivity index (χ1n) is 5.49. The fourth-order valence-electron chi connectivity index (χ4n) is 2.02. The van der Waals surface area contributed by atoms with Crippen LogP contribution in [0.3, 0.4) is 0 Å². The summed E-state index contributed by atoms with van der Waals surface area (Å²) in [5, 5.41) is 0. The average Bonchev–Trinajstić information content (AvgIpc) is 2.79. The van der Waals surface area contributed by atoms with E-state index in [1.54, 1.807) is 0 Å². The summed E-state index contributed by atoms with van der Waals surface area (Å²) in [5.74, 6) is 0.985. The number of likely N-dealkylation sites (tertiary alicyclic amines) is 1. The number of halogens is 1. The van der Waals surface area contributed by atoms with Gasteiger partial charge in [-0.2, -0.15) is 0 Å². The van der Waals surface area contributed by atoms with E-state index in [0.717, 1.165) is 23.4 Å². The van der Waals surface area contributed by atoms with Crippen molar-refractivity contribution in [3.8, 4) is 0 Å². The molecule has 0 bridgehead atoms. The molecule has 2 rings (SSSR count). The van der Waals surface area contributed by atoms with Crippen LogP contribution in [-0.4, -0.2) is 24.5 Å². The summed E-state index contributed by atoms with van der Waals surface area (Å²) in [6.45, 7) is 4.06. The van der Waals surface area contributed by atoms with Crippen molar-refractivity contribution < 1.29 is 4.42 Å². The van der Waals surface area contributed by atoms with E-state index >= 15 is 0 Å². The number of hydrogen-bond acceptors (Lipinski definition) is 3. The third kappa shape index (κ3) is 2.83. The molecule has 0 aromatic carbocycles. The fraction of sp³-hybridized carbons (Fsp3) is 0.636. The molecule has 0 spiro atoms. The van der Waals surface area contributed by atoms with Gasteiger partial charge in [0, 0.05) is 18.5 Å². The maximum atomic E-state index is 5.58. The summed E-state index contributed by atoms with van der Waals surface area (Å²) in [6.07, 6.45) is 3.47. The predicted octanol–water partition coefficient (Wildman–Crippen LogP) is 2.14. The van der Waals surface area contributed by atoms with E-state index in [-0.39, 0.29) is 0 Å². The molecule has 0 unspecified atom stereocenters. The van der Waals surface area contributed by atoms with Crippen LogP contribution < -0.4 is 5.73 Å². The van der Waals surface area contributed by atoms with Crippen molar-refractivity contribution in [1.82, 2.24) is 4.90 Å². The SMILES string of the molecule is NCCc1cc(CN2CCCC2)c(Br)o1. The van der Waals surface area contributed by atoms with Crippen molar-refractivity contribution in [2.45, 2.75) is 25.8 Å². The summed E-state index contributed by atoms with van der Waals surface area (Å²) in [5.41, 5.74) is 6.75. The lowest BCUT2D eigenvalue weighted by atomic mass is 10.2. The van der Waals surface area contributed by atoms with Gasteiger partial charge in [-0.25, -0.2) is 0 Å². The molecule has 15 heavy (non-hydrogen) atoms. The van der Waals surface area contributed by atoms with Gasteiger partial charge in [-0.3, -0.25) is 4.90 Å². The highest BCUT2D eigenvalue weighted by molar-refractivity contribution is 9.10. The van der Waals surface area contributed by atoms with Gasteiger partial charge >= 0.3 is 0 Å². The van der Waals surface area contributed by atoms with E-state index in [0.29, 0.717) is 6.54 Å². The molecule has 1 aromatic heterocycles. The van der Waals surface area contributed by atoms with Gasteiger partial charge in [0.1, 0.15) is 5.76 Å². The van der Waals surface area contributed by atoms with Crippen molar-refractivity contribution in [2.75, 3.05) is 19.6 Å². The van der Waals surface area contributed by atoms with Crippen LogP contribution in [0, 0.1) is 0 Å². The van der Waals surface area contributed by atoms with Crippen LogP contribution in [0.25, 0.3) is 0 Å². The monoisotopic (exact) mass is 272 g/mol. The van der Waals surface area contributed by atoms with Crippen molar-refractivity contribution in [2.24, 2.45) is 5.73 Å². The Morgan fingerprint density at radius 3 is 2.80 bits per heavy atom. The van der Waals surface area contributed by atoms with Crippen LogP contribution in [0.5, 0.6) is 0 Å². The quantitative estimate of drug-likeness (QED) is 0.913. The summed E-state index contributed by atoms with van der Waals surface area (Å²) < 4.78 is 6.45. The van der Waals surface area contributed by atoms with E-state index < -0.39 is 0 Å². The van der Waals surface area contributed by atoms with Crippen molar-refractivity contribution in [3.63, 3.8) is 0 Å². The van der Waals surface area contributed by atoms with Gasteiger partial charge in [-0.15, -0.1) is 0 Å². The van der Waals surface area contributed by atoms with Gasteiger partial charge in [0.25, 0.3) is 0 Å². The zero-order valence-corrected chi connectivity index (χ0v) is 10.4. The first-order chi connectivity index (χ1) is 7.29. The fourth-order valence-corrected chi connectivity index (χ4v) is 2.46. The molecule has 4 heteroatoms. The van der Waals surface area contributed by atoms with E-state index in [2.05, 4.69) is 26.9 Å². The van der Waals surface area contributed by atoms with E-state index in [1.165, 1.54) is 31.5 Å². The smallest absolute Gasteiger partial charge is 0.173 e. The van der Waals surface area contributed by atoms with Gasteiger partial charge in [0.2, 0.25) is 0 Å². The van der Waals surface area contributed by atoms with Crippen LogP contribution in [0.15, 0.2) is 15.2 Å². The minimum Gasteiger partial charge on any atom is -0.454 e. The lowest BCUT2D eigenvalue weighted by molar-refractivity contribution is 0.328. The minimum absolute atomic E-state index is 0.642. The molecule has 0 aliphatic carbocycles. The number of hydrogen-bond donors (Lipinski definition) is 1. The first kappa shape index (κ1) is 11.2. The van der Waals surface area contributed by atoms with Gasteiger partial charge in [-0.05, 0) is 54.5 Å². The molecular weight excluding hydrogens is 256 g/mol. The zero-order valence-electron chi connectivity index (χ0n) is 8.84. The van der Waals surface area contributed by atoms with E-state index in [4.69, 9.17) is 10.2 Å². The molecule has 2 heterocycles. The Kier molecular flexibility index (Phi) is 3.83. The highest BCUT2D eigenvalue weighted by Gasteiger charge is 2.15. The number of nitrogens with two attached hydrogens (primary N) is 1. The molecule has 3 nitrogen and oxygen atoms in total. The van der Waals surface area contributed by atoms with Crippen molar-refractivity contribution in [3.05, 3.63) is 22.1 Å². The lowest BCUT2D eigenvalue weighted by Gasteiger charge is -2.12. The molecule has 1 saturated heterocycles. The molecule has 0 atom stereocenters. The first-order valence-corrected chi connectivity index (χ1v) is 6.28. The number of furan rings is 1. The lowest BCUT2D eigenvalue weighted by Crippen LogP contribution is -2.18. The molecule has 1 fully saturated rings. The highest BCUT2D eigenvalue weighted by atomic mass is 79.9.